The standard InChI is InChI=1S/C13H18N2S/c1-9(2)12-8-16-13(15-12)14-11-6-4-5-10(3)7-11/h4-7,9,12H,8H2,1-3H3,(H,14,15)/t12-/m1/s1. The van der Waals surface area contributed by atoms with Gasteiger partial charge in [-0.3, -0.25) is 4.99 Å². The molecule has 86 valence electrons. The van der Waals surface area contributed by atoms with Gasteiger partial charge in [0.2, 0.25) is 0 Å². The Labute approximate surface area is 102 Å². The van der Waals surface area contributed by atoms with Gasteiger partial charge < -0.3 is 5.32 Å². The third-order valence-corrected chi connectivity index (χ3v) is 3.70. The highest BCUT2D eigenvalue weighted by Gasteiger charge is 2.20. The molecule has 0 radical (unpaired) electrons. The molecule has 16 heavy (non-hydrogen) atoms. The predicted molar refractivity (Wildman–Crippen MR) is 73.3 cm³/mol. The van der Waals surface area contributed by atoms with Gasteiger partial charge in [0.25, 0.3) is 0 Å². The van der Waals surface area contributed by atoms with E-state index in [1.165, 1.54) is 5.56 Å². The number of rotatable bonds is 2. The van der Waals surface area contributed by atoms with Crippen molar-refractivity contribution < 1.29 is 0 Å². The van der Waals surface area contributed by atoms with Gasteiger partial charge in [-0.25, -0.2) is 0 Å². The number of hydrogen-bond acceptors (Lipinski definition) is 3. The first-order valence-corrected chi connectivity index (χ1v) is 6.68. The second-order valence-corrected chi connectivity index (χ2v) is 5.56. The lowest BCUT2D eigenvalue weighted by atomic mass is 10.1. The fourth-order valence-corrected chi connectivity index (χ4v) is 2.83. The van der Waals surface area contributed by atoms with E-state index in [1.54, 1.807) is 0 Å². The Balaban J connectivity index is 2.03. The summed E-state index contributed by atoms with van der Waals surface area (Å²) in [5.74, 6) is 1.73. The van der Waals surface area contributed by atoms with Crippen LogP contribution in [0.1, 0.15) is 19.4 Å². The molecule has 0 amide bonds. The van der Waals surface area contributed by atoms with Crippen LogP contribution in [0.15, 0.2) is 29.3 Å². The molecule has 1 N–H and O–H groups in total. The molecule has 1 atom stereocenters. The molecule has 0 aromatic heterocycles. The molecule has 2 rings (SSSR count). The number of thioether (sulfide) groups is 1. The van der Waals surface area contributed by atoms with E-state index in [-0.39, 0.29) is 0 Å². The average Bonchev–Trinajstić information content (AvgIpc) is 2.66. The van der Waals surface area contributed by atoms with Gasteiger partial charge >= 0.3 is 0 Å². The number of aliphatic imine (C=N–C) groups is 1. The zero-order valence-electron chi connectivity index (χ0n) is 10.0. The number of aryl methyl sites for hydroxylation is 1. The zero-order valence-corrected chi connectivity index (χ0v) is 10.8. The van der Waals surface area contributed by atoms with Crippen LogP contribution in [0.2, 0.25) is 0 Å². The number of amidine groups is 1. The summed E-state index contributed by atoms with van der Waals surface area (Å²) < 4.78 is 0. The normalized spacial score (nSPS) is 20.0. The second-order valence-electron chi connectivity index (χ2n) is 4.55. The van der Waals surface area contributed by atoms with Gasteiger partial charge in [-0.05, 0) is 30.5 Å². The summed E-state index contributed by atoms with van der Waals surface area (Å²) in [5.41, 5.74) is 2.41. The molecular weight excluding hydrogens is 216 g/mol. The maximum Gasteiger partial charge on any atom is 0.161 e. The molecule has 3 heteroatoms. The van der Waals surface area contributed by atoms with Crippen molar-refractivity contribution in [1.29, 1.82) is 0 Å². The summed E-state index contributed by atoms with van der Waals surface area (Å²) in [6.45, 7) is 6.56. The third kappa shape index (κ3) is 2.79. The molecular formula is C13H18N2S. The fourth-order valence-electron chi connectivity index (χ4n) is 1.65. The van der Waals surface area contributed by atoms with Crippen LogP contribution in [0.25, 0.3) is 0 Å². The highest BCUT2D eigenvalue weighted by Crippen LogP contribution is 2.24. The molecule has 0 unspecified atom stereocenters. The summed E-state index contributed by atoms with van der Waals surface area (Å²) in [7, 11) is 0. The highest BCUT2D eigenvalue weighted by atomic mass is 32.2. The minimum absolute atomic E-state index is 0.470. The van der Waals surface area contributed by atoms with E-state index in [4.69, 9.17) is 0 Å². The largest absolute Gasteiger partial charge is 0.335 e. The fraction of sp³-hybridized carbons (Fsp3) is 0.462. The van der Waals surface area contributed by atoms with E-state index in [1.807, 2.05) is 11.8 Å². The van der Waals surface area contributed by atoms with E-state index in [0.717, 1.165) is 16.6 Å². The predicted octanol–water partition coefficient (Wildman–Crippen LogP) is 3.53. The highest BCUT2D eigenvalue weighted by molar-refractivity contribution is 8.14. The number of nitrogens with zero attached hydrogens (tertiary/aromatic N) is 1. The van der Waals surface area contributed by atoms with Gasteiger partial charge in [0, 0.05) is 11.4 Å². The van der Waals surface area contributed by atoms with E-state index in [9.17, 15) is 0 Å². The summed E-state index contributed by atoms with van der Waals surface area (Å²) >= 11 is 1.82. The van der Waals surface area contributed by atoms with Crippen molar-refractivity contribution in [2.24, 2.45) is 10.9 Å². The second kappa shape index (κ2) is 4.91. The van der Waals surface area contributed by atoms with Gasteiger partial charge in [-0.2, -0.15) is 0 Å². The Morgan fingerprint density at radius 1 is 1.44 bits per heavy atom. The van der Waals surface area contributed by atoms with Crippen molar-refractivity contribution in [3.8, 4) is 0 Å². The maximum absolute atomic E-state index is 4.68. The molecule has 0 saturated carbocycles. The summed E-state index contributed by atoms with van der Waals surface area (Å²) in [4.78, 5) is 4.68. The van der Waals surface area contributed by atoms with Crippen molar-refractivity contribution in [1.82, 2.24) is 0 Å². The molecule has 0 fully saturated rings. The van der Waals surface area contributed by atoms with Crippen LogP contribution in [0.5, 0.6) is 0 Å². The molecule has 1 aliphatic rings. The lowest BCUT2D eigenvalue weighted by Crippen LogP contribution is -2.12. The summed E-state index contributed by atoms with van der Waals surface area (Å²) in [5, 5.41) is 4.44. The summed E-state index contributed by atoms with van der Waals surface area (Å²) in [6.07, 6.45) is 0. The molecule has 0 saturated heterocycles. The molecule has 1 heterocycles. The van der Waals surface area contributed by atoms with Crippen molar-refractivity contribution >= 4 is 22.6 Å². The van der Waals surface area contributed by atoms with Crippen molar-refractivity contribution in [3.63, 3.8) is 0 Å². The number of benzene rings is 1. The lowest BCUT2D eigenvalue weighted by Gasteiger charge is -2.08. The van der Waals surface area contributed by atoms with E-state index >= 15 is 0 Å². The first kappa shape index (κ1) is 11.5. The smallest absolute Gasteiger partial charge is 0.161 e. The third-order valence-electron chi connectivity index (χ3n) is 2.71. The van der Waals surface area contributed by atoms with Gasteiger partial charge in [-0.1, -0.05) is 37.7 Å². The molecule has 1 aromatic carbocycles. The van der Waals surface area contributed by atoms with Crippen molar-refractivity contribution in [3.05, 3.63) is 29.8 Å². The van der Waals surface area contributed by atoms with Crippen LogP contribution in [0.4, 0.5) is 5.69 Å². The van der Waals surface area contributed by atoms with Crippen LogP contribution in [-0.2, 0) is 0 Å². The van der Waals surface area contributed by atoms with Crippen LogP contribution in [0.3, 0.4) is 0 Å². The van der Waals surface area contributed by atoms with Crippen LogP contribution in [0, 0.1) is 12.8 Å². The Morgan fingerprint density at radius 3 is 2.88 bits per heavy atom. The zero-order chi connectivity index (χ0) is 11.5. The Hall–Kier alpha value is -0.960. The molecule has 2 nitrogen and oxygen atoms in total. The molecule has 0 bridgehead atoms. The Bertz CT molecular complexity index is 399. The number of hydrogen-bond donors (Lipinski definition) is 1. The SMILES string of the molecule is Cc1cccc(NC2=N[C@@H](C(C)C)CS2)c1. The van der Waals surface area contributed by atoms with E-state index < -0.39 is 0 Å². The molecule has 1 aliphatic heterocycles. The quantitative estimate of drug-likeness (QED) is 0.846. The number of nitrogens with one attached hydrogen (secondary N) is 1. The molecule has 0 aliphatic carbocycles. The number of anilines is 1. The minimum atomic E-state index is 0.470. The Kier molecular flexibility index (Phi) is 3.54. The van der Waals surface area contributed by atoms with E-state index in [2.05, 4.69) is 55.3 Å². The minimum Gasteiger partial charge on any atom is -0.335 e. The molecule has 1 aromatic rings. The van der Waals surface area contributed by atoms with Crippen molar-refractivity contribution in [2.45, 2.75) is 26.8 Å². The first-order chi connectivity index (χ1) is 7.65. The van der Waals surface area contributed by atoms with Gasteiger partial charge in [0.15, 0.2) is 5.17 Å². The van der Waals surface area contributed by atoms with Gasteiger partial charge in [0.05, 0.1) is 6.04 Å². The van der Waals surface area contributed by atoms with Gasteiger partial charge in [-0.15, -0.1) is 0 Å². The van der Waals surface area contributed by atoms with Crippen molar-refractivity contribution in [2.75, 3.05) is 11.1 Å². The van der Waals surface area contributed by atoms with E-state index in [0.29, 0.717) is 12.0 Å². The average molecular weight is 234 g/mol. The molecule has 0 spiro atoms. The monoisotopic (exact) mass is 234 g/mol. The topological polar surface area (TPSA) is 24.4 Å². The van der Waals surface area contributed by atoms with Gasteiger partial charge in [0.1, 0.15) is 0 Å². The van der Waals surface area contributed by atoms with Crippen LogP contribution < -0.4 is 5.32 Å². The maximum atomic E-state index is 4.68. The summed E-state index contributed by atoms with van der Waals surface area (Å²) in [6, 6.07) is 8.87. The lowest BCUT2D eigenvalue weighted by molar-refractivity contribution is 0.543. The Morgan fingerprint density at radius 2 is 2.25 bits per heavy atom. The first-order valence-electron chi connectivity index (χ1n) is 5.69. The van der Waals surface area contributed by atoms with Crippen LogP contribution in [-0.4, -0.2) is 17.0 Å². The van der Waals surface area contributed by atoms with Crippen LogP contribution >= 0.6 is 11.8 Å².